The summed E-state index contributed by atoms with van der Waals surface area (Å²) >= 11 is 0. The quantitative estimate of drug-likeness (QED) is 0.912. The van der Waals surface area contributed by atoms with E-state index in [0.717, 1.165) is 17.3 Å². The van der Waals surface area contributed by atoms with Crippen LogP contribution in [0.4, 0.5) is 13.2 Å². The van der Waals surface area contributed by atoms with Gasteiger partial charge < -0.3 is 9.88 Å². The van der Waals surface area contributed by atoms with Gasteiger partial charge in [-0.25, -0.2) is 0 Å². The maximum Gasteiger partial charge on any atom is 0.435 e. The molecule has 5 nitrogen and oxygen atoms in total. The number of aryl methyl sites for hydroxylation is 2. The minimum Gasteiger partial charge on any atom is -0.354 e. The first-order valence-corrected chi connectivity index (χ1v) is 7.83. The lowest BCUT2D eigenvalue weighted by atomic mass is 10.0. The molecule has 0 bridgehead atoms. The summed E-state index contributed by atoms with van der Waals surface area (Å²) < 4.78 is 39.3. The topological polar surface area (TPSA) is 53.9 Å². The predicted molar refractivity (Wildman–Crippen MR) is 81.7 cm³/mol. The Labute approximate surface area is 137 Å². The molecule has 130 valence electrons. The van der Waals surface area contributed by atoms with Gasteiger partial charge in [-0.15, -0.1) is 0 Å². The first kappa shape index (κ1) is 16.6. The van der Waals surface area contributed by atoms with Crippen LogP contribution in [0.1, 0.15) is 46.3 Å². The van der Waals surface area contributed by atoms with E-state index in [0.29, 0.717) is 31.6 Å². The molecule has 3 heterocycles. The fraction of sp³-hybridized carbons (Fsp3) is 0.500. The highest BCUT2D eigenvalue weighted by Gasteiger charge is 2.34. The number of hydrogen-bond acceptors (Lipinski definition) is 2. The van der Waals surface area contributed by atoms with Crippen LogP contribution in [-0.2, 0) is 6.18 Å². The Bertz CT molecular complexity index is 739. The molecule has 1 aliphatic heterocycles. The van der Waals surface area contributed by atoms with Crippen molar-refractivity contribution in [3.63, 3.8) is 0 Å². The van der Waals surface area contributed by atoms with Crippen LogP contribution in [0.25, 0.3) is 0 Å². The Morgan fingerprint density at radius 3 is 2.46 bits per heavy atom. The van der Waals surface area contributed by atoms with Crippen LogP contribution in [0.3, 0.4) is 0 Å². The summed E-state index contributed by atoms with van der Waals surface area (Å²) in [5.41, 5.74) is 1.55. The van der Waals surface area contributed by atoms with Crippen molar-refractivity contribution < 1.29 is 18.0 Å². The fourth-order valence-corrected chi connectivity index (χ4v) is 3.14. The maximum absolute atomic E-state index is 12.6. The number of carbonyl (C=O) groups excluding carboxylic acids is 1. The van der Waals surface area contributed by atoms with Gasteiger partial charge in [0.05, 0.1) is 6.04 Å². The molecule has 3 rings (SSSR count). The van der Waals surface area contributed by atoms with E-state index < -0.39 is 11.9 Å². The van der Waals surface area contributed by atoms with E-state index in [9.17, 15) is 18.0 Å². The maximum atomic E-state index is 12.6. The molecule has 1 amide bonds. The van der Waals surface area contributed by atoms with Crippen LogP contribution in [0.5, 0.6) is 0 Å². The Morgan fingerprint density at radius 2 is 1.96 bits per heavy atom. The second kappa shape index (κ2) is 5.99. The molecule has 0 unspecified atom stereocenters. The number of rotatable bonds is 2. The Hall–Kier alpha value is -2.25. The monoisotopic (exact) mass is 340 g/mol. The zero-order valence-electron chi connectivity index (χ0n) is 13.5. The van der Waals surface area contributed by atoms with E-state index in [2.05, 4.69) is 10.1 Å². The number of likely N-dealkylation sites (tertiary alicyclic amines) is 1. The van der Waals surface area contributed by atoms with Crippen molar-refractivity contribution in [3.8, 4) is 0 Å². The average Bonchev–Trinajstić information content (AvgIpc) is 3.13. The van der Waals surface area contributed by atoms with Crippen molar-refractivity contribution in [2.24, 2.45) is 0 Å². The van der Waals surface area contributed by atoms with Crippen LogP contribution in [0.2, 0.25) is 0 Å². The van der Waals surface area contributed by atoms with E-state index in [1.807, 2.05) is 19.9 Å². The first-order valence-electron chi connectivity index (χ1n) is 7.83. The second-order valence-electron chi connectivity index (χ2n) is 6.21. The van der Waals surface area contributed by atoms with E-state index in [1.165, 1.54) is 10.9 Å². The number of nitrogens with one attached hydrogen (secondary N) is 1. The van der Waals surface area contributed by atoms with Gasteiger partial charge in [-0.2, -0.15) is 18.3 Å². The summed E-state index contributed by atoms with van der Waals surface area (Å²) in [7, 11) is 0. The zero-order valence-corrected chi connectivity index (χ0v) is 13.5. The molecule has 0 radical (unpaired) electrons. The van der Waals surface area contributed by atoms with Gasteiger partial charge in [-0.1, -0.05) is 0 Å². The Balaban J connectivity index is 1.64. The van der Waals surface area contributed by atoms with Gasteiger partial charge in [0, 0.05) is 25.0 Å². The highest BCUT2D eigenvalue weighted by atomic mass is 19.4. The molecule has 24 heavy (non-hydrogen) atoms. The molecule has 1 fully saturated rings. The van der Waals surface area contributed by atoms with Crippen LogP contribution >= 0.6 is 0 Å². The van der Waals surface area contributed by atoms with Gasteiger partial charge in [0.1, 0.15) is 5.69 Å². The van der Waals surface area contributed by atoms with Crippen molar-refractivity contribution in [1.82, 2.24) is 19.7 Å². The summed E-state index contributed by atoms with van der Waals surface area (Å²) in [6, 6.07) is 2.79. The van der Waals surface area contributed by atoms with Gasteiger partial charge in [0.25, 0.3) is 5.91 Å². The molecule has 2 aromatic rings. The molecular formula is C16H19F3N4O. The predicted octanol–water partition coefficient (Wildman–Crippen LogP) is 3.32. The van der Waals surface area contributed by atoms with Crippen LogP contribution in [0.15, 0.2) is 18.3 Å². The molecule has 1 aliphatic rings. The molecule has 0 aromatic carbocycles. The van der Waals surface area contributed by atoms with Crippen molar-refractivity contribution in [2.75, 3.05) is 13.1 Å². The second-order valence-corrected chi connectivity index (χ2v) is 6.21. The normalized spacial score (nSPS) is 16.6. The van der Waals surface area contributed by atoms with E-state index in [4.69, 9.17) is 0 Å². The molecule has 1 N–H and O–H groups in total. The smallest absolute Gasteiger partial charge is 0.354 e. The molecular weight excluding hydrogens is 321 g/mol. The van der Waals surface area contributed by atoms with E-state index >= 15 is 0 Å². The number of amides is 1. The van der Waals surface area contributed by atoms with Crippen molar-refractivity contribution in [2.45, 2.75) is 38.9 Å². The third kappa shape index (κ3) is 3.18. The third-order valence-electron chi connectivity index (χ3n) is 4.39. The lowest BCUT2D eigenvalue weighted by molar-refractivity contribution is -0.141. The Morgan fingerprint density at radius 1 is 1.29 bits per heavy atom. The zero-order chi connectivity index (χ0) is 17.5. The number of halogens is 3. The highest BCUT2D eigenvalue weighted by molar-refractivity contribution is 5.94. The molecule has 0 spiro atoms. The van der Waals surface area contributed by atoms with Gasteiger partial charge in [0.2, 0.25) is 0 Å². The van der Waals surface area contributed by atoms with Crippen molar-refractivity contribution >= 4 is 5.91 Å². The highest BCUT2D eigenvalue weighted by Crippen LogP contribution is 2.30. The minimum atomic E-state index is -4.43. The van der Waals surface area contributed by atoms with E-state index in [1.54, 1.807) is 4.90 Å². The van der Waals surface area contributed by atoms with Gasteiger partial charge >= 0.3 is 6.18 Å². The number of aromatic amines is 1. The summed E-state index contributed by atoms with van der Waals surface area (Å²) in [4.78, 5) is 17.3. The molecule has 2 aromatic heterocycles. The lowest BCUT2D eigenvalue weighted by Gasteiger charge is -2.32. The van der Waals surface area contributed by atoms with Gasteiger partial charge in [-0.3, -0.25) is 9.48 Å². The number of hydrogen-bond donors (Lipinski definition) is 1. The number of H-pyrrole nitrogens is 1. The van der Waals surface area contributed by atoms with Gasteiger partial charge in [-0.05, 0) is 44.4 Å². The standard InChI is InChI=1S/C16H19F3N4O/c1-10-9-11(2)20-14(10)15(24)22-6-3-12(4-7-22)23-8-5-13(21-23)16(17,18)19/h5,8-9,12,20H,3-4,6-7H2,1-2H3. The molecule has 0 atom stereocenters. The average molecular weight is 340 g/mol. The molecule has 1 saturated heterocycles. The molecule has 0 aliphatic carbocycles. The number of aromatic nitrogens is 3. The minimum absolute atomic E-state index is 0.0597. The summed E-state index contributed by atoms with van der Waals surface area (Å²) in [6.45, 7) is 4.78. The SMILES string of the molecule is Cc1cc(C)c(C(=O)N2CCC(n3ccc(C(F)(F)F)n3)CC2)[nH]1. The van der Waals surface area contributed by atoms with Gasteiger partial charge in [0.15, 0.2) is 5.69 Å². The van der Waals surface area contributed by atoms with Crippen molar-refractivity contribution in [1.29, 1.82) is 0 Å². The number of carbonyl (C=O) groups is 1. The summed E-state index contributed by atoms with van der Waals surface area (Å²) in [5, 5.41) is 3.63. The lowest BCUT2D eigenvalue weighted by Crippen LogP contribution is -2.39. The third-order valence-corrected chi connectivity index (χ3v) is 4.39. The van der Waals surface area contributed by atoms with E-state index in [-0.39, 0.29) is 11.9 Å². The fourth-order valence-electron chi connectivity index (χ4n) is 3.14. The number of alkyl halides is 3. The summed E-state index contributed by atoms with van der Waals surface area (Å²) in [5.74, 6) is -0.0597. The number of piperidine rings is 1. The van der Waals surface area contributed by atoms with Crippen LogP contribution in [-0.4, -0.2) is 38.7 Å². The van der Waals surface area contributed by atoms with Crippen molar-refractivity contribution in [3.05, 3.63) is 41.0 Å². The largest absolute Gasteiger partial charge is 0.435 e. The summed E-state index contributed by atoms with van der Waals surface area (Å²) in [6.07, 6.45) is -1.89. The van der Waals surface area contributed by atoms with Crippen LogP contribution in [0, 0.1) is 13.8 Å². The number of nitrogens with zero attached hydrogens (tertiary/aromatic N) is 3. The Kier molecular flexibility index (Phi) is 4.15. The first-order chi connectivity index (χ1) is 11.3. The molecule has 0 saturated carbocycles. The molecule has 8 heteroatoms. The van der Waals surface area contributed by atoms with Crippen LogP contribution < -0.4 is 0 Å².